The number of rotatable bonds is 10. The van der Waals surface area contributed by atoms with Crippen LogP contribution in [0.25, 0.3) is 0 Å². The summed E-state index contributed by atoms with van der Waals surface area (Å²) in [4.78, 5) is 30.8. The molecule has 0 aliphatic rings. The molecule has 0 radical (unpaired) electrons. The van der Waals surface area contributed by atoms with Gasteiger partial charge in [-0.25, -0.2) is 4.98 Å². The lowest BCUT2D eigenvalue weighted by atomic mass is 10.2. The van der Waals surface area contributed by atoms with Gasteiger partial charge in [0.15, 0.2) is 0 Å². The number of amides is 2. The van der Waals surface area contributed by atoms with E-state index < -0.39 is 0 Å². The zero-order valence-electron chi connectivity index (χ0n) is 16.0. The summed E-state index contributed by atoms with van der Waals surface area (Å²) in [6.07, 6.45) is 4.10. The van der Waals surface area contributed by atoms with Crippen LogP contribution in [0.4, 0.5) is 5.82 Å². The van der Waals surface area contributed by atoms with Crippen LogP contribution in [0.2, 0.25) is 0 Å². The van der Waals surface area contributed by atoms with Crippen molar-refractivity contribution in [3.63, 3.8) is 0 Å². The molecular formula is C19H26BrN5O2. The lowest BCUT2D eigenvalue weighted by molar-refractivity contribution is -0.137. The smallest absolute Gasteiger partial charge is 0.245 e. The lowest BCUT2D eigenvalue weighted by Gasteiger charge is -2.29. The molecule has 7 nitrogen and oxygen atoms in total. The Balaban J connectivity index is 2.82. The number of nitrogens with one attached hydrogen (secondary N) is 1. The van der Waals surface area contributed by atoms with E-state index in [1.54, 1.807) is 30.4 Å². The Hall–Kier alpha value is -2.48. The van der Waals surface area contributed by atoms with Crippen molar-refractivity contribution in [3.8, 4) is 0 Å². The second kappa shape index (κ2) is 11.3. The molecule has 0 saturated heterocycles. The van der Waals surface area contributed by atoms with E-state index in [9.17, 15) is 9.59 Å². The number of carbonyl (C=O) groups excluding carboxylic acids is 2. The Morgan fingerprint density at radius 3 is 2.59 bits per heavy atom. The molecule has 0 bridgehead atoms. The minimum Gasteiger partial charge on any atom is -0.329 e. The summed E-state index contributed by atoms with van der Waals surface area (Å²) in [6.45, 7) is 12.8. The molecule has 1 heterocycles. The molecule has 8 heteroatoms. The number of pyridine rings is 1. The molecule has 0 atom stereocenters. The molecule has 1 aromatic heterocycles. The van der Waals surface area contributed by atoms with Gasteiger partial charge in [0.1, 0.15) is 23.5 Å². The third-order valence-corrected chi connectivity index (χ3v) is 4.14. The van der Waals surface area contributed by atoms with Crippen LogP contribution in [0.15, 0.2) is 52.3 Å². The fraction of sp³-hybridized carbons (Fsp3) is 0.368. The number of carbonyl (C=O) groups is 2. The molecule has 0 aromatic carbocycles. The normalized spacial score (nSPS) is 11.1. The van der Waals surface area contributed by atoms with E-state index in [1.807, 2.05) is 20.8 Å². The highest BCUT2D eigenvalue weighted by atomic mass is 79.9. The van der Waals surface area contributed by atoms with Gasteiger partial charge in [-0.1, -0.05) is 25.6 Å². The van der Waals surface area contributed by atoms with E-state index in [1.165, 1.54) is 9.91 Å². The minimum absolute atomic E-state index is 0.00237. The molecule has 0 spiro atoms. The molecule has 0 unspecified atom stereocenters. The second-order valence-corrected chi connectivity index (χ2v) is 6.77. The van der Waals surface area contributed by atoms with Crippen molar-refractivity contribution in [2.45, 2.75) is 33.2 Å². The van der Waals surface area contributed by atoms with E-state index in [2.05, 4.69) is 44.6 Å². The number of halogens is 1. The van der Waals surface area contributed by atoms with Gasteiger partial charge in [-0.3, -0.25) is 14.6 Å². The Morgan fingerprint density at radius 2 is 2.07 bits per heavy atom. The first kappa shape index (κ1) is 22.6. The van der Waals surface area contributed by atoms with Crippen molar-refractivity contribution in [3.05, 3.63) is 47.2 Å². The van der Waals surface area contributed by atoms with Gasteiger partial charge < -0.3 is 10.2 Å². The zero-order chi connectivity index (χ0) is 20.4. The van der Waals surface area contributed by atoms with Gasteiger partial charge >= 0.3 is 0 Å². The second-order valence-electron chi connectivity index (χ2n) is 5.96. The largest absolute Gasteiger partial charge is 0.329 e. The van der Waals surface area contributed by atoms with Crippen LogP contribution in [0.5, 0.6) is 0 Å². The molecule has 27 heavy (non-hydrogen) atoms. The molecule has 2 amide bonds. The summed E-state index contributed by atoms with van der Waals surface area (Å²) in [7, 11) is 0. The van der Waals surface area contributed by atoms with Gasteiger partial charge in [-0.2, -0.15) is 5.10 Å². The summed E-state index contributed by atoms with van der Waals surface area (Å²) < 4.78 is 0.617. The van der Waals surface area contributed by atoms with Crippen molar-refractivity contribution < 1.29 is 9.59 Å². The summed E-state index contributed by atoms with van der Waals surface area (Å²) in [5.41, 5.74) is 0.819. The monoisotopic (exact) mass is 435 g/mol. The number of hydrazone groups is 1. The number of anilines is 1. The highest BCUT2D eigenvalue weighted by Crippen LogP contribution is 2.12. The molecule has 1 aromatic rings. The van der Waals surface area contributed by atoms with E-state index in [-0.39, 0.29) is 30.9 Å². The lowest BCUT2D eigenvalue weighted by Crippen LogP contribution is -2.46. The summed E-state index contributed by atoms with van der Waals surface area (Å²) >= 11 is 3.26. The molecule has 0 aliphatic carbocycles. The minimum atomic E-state index is -0.321. The van der Waals surface area contributed by atoms with Gasteiger partial charge in [0, 0.05) is 18.5 Å². The van der Waals surface area contributed by atoms with Crippen LogP contribution in [0.1, 0.15) is 27.2 Å². The van der Waals surface area contributed by atoms with Gasteiger partial charge in [-0.15, -0.1) is 0 Å². The van der Waals surface area contributed by atoms with E-state index in [0.29, 0.717) is 16.8 Å². The molecule has 1 N–H and O–H groups in total. The van der Waals surface area contributed by atoms with Gasteiger partial charge in [0.05, 0.1) is 0 Å². The Morgan fingerprint density at radius 1 is 1.37 bits per heavy atom. The third kappa shape index (κ3) is 7.34. The predicted octanol–water partition coefficient (Wildman–Crippen LogP) is 3.42. The van der Waals surface area contributed by atoms with Gasteiger partial charge in [-0.05, 0) is 54.4 Å². The fourth-order valence-electron chi connectivity index (χ4n) is 2.36. The average Bonchev–Trinajstić information content (AvgIpc) is 2.62. The summed E-state index contributed by atoms with van der Waals surface area (Å²) in [5, 5.41) is 8.14. The Labute approximate surface area is 169 Å². The van der Waals surface area contributed by atoms with Gasteiger partial charge in [0.2, 0.25) is 11.8 Å². The molecular weight excluding hydrogens is 410 g/mol. The maximum atomic E-state index is 12.8. The topological polar surface area (TPSA) is 77.9 Å². The van der Waals surface area contributed by atoms with Crippen molar-refractivity contribution in [2.24, 2.45) is 5.10 Å². The highest BCUT2D eigenvalue weighted by molar-refractivity contribution is 9.10. The Kier molecular flexibility index (Phi) is 9.42. The number of aromatic nitrogens is 1. The SMILES string of the molecule is C=C/C=C(\CC)N(CC(=O)N(CC(=O)Nc1cccc(Br)n1)C(C)C)N=C. The molecule has 0 fully saturated rings. The third-order valence-electron chi connectivity index (χ3n) is 3.70. The highest BCUT2D eigenvalue weighted by Gasteiger charge is 2.23. The Bertz CT molecular complexity index is 718. The maximum Gasteiger partial charge on any atom is 0.245 e. The number of nitrogens with zero attached hydrogens (tertiary/aromatic N) is 4. The number of allylic oxidation sites excluding steroid dienone is 3. The molecule has 0 aliphatic heterocycles. The predicted molar refractivity (Wildman–Crippen MR) is 112 cm³/mol. The van der Waals surface area contributed by atoms with Crippen molar-refractivity contribution in [1.29, 1.82) is 0 Å². The van der Waals surface area contributed by atoms with E-state index in [0.717, 1.165) is 5.70 Å². The number of hydrogen-bond acceptors (Lipinski definition) is 5. The first-order valence-corrected chi connectivity index (χ1v) is 9.39. The maximum absolute atomic E-state index is 12.8. The van der Waals surface area contributed by atoms with Gasteiger partial charge in [0.25, 0.3) is 0 Å². The summed E-state index contributed by atoms with van der Waals surface area (Å²) in [5.74, 6) is -0.127. The van der Waals surface area contributed by atoms with Crippen LogP contribution in [-0.2, 0) is 9.59 Å². The van der Waals surface area contributed by atoms with Crippen LogP contribution in [0, 0.1) is 0 Å². The molecule has 1 rings (SSSR count). The fourth-order valence-corrected chi connectivity index (χ4v) is 2.70. The average molecular weight is 436 g/mol. The molecule has 0 saturated carbocycles. The first-order valence-electron chi connectivity index (χ1n) is 8.60. The molecule has 146 valence electrons. The van der Waals surface area contributed by atoms with Crippen LogP contribution in [0.3, 0.4) is 0 Å². The van der Waals surface area contributed by atoms with Crippen molar-refractivity contribution in [1.82, 2.24) is 14.9 Å². The van der Waals surface area contributed by atoms with Crippen molar-refractivity contribution in [2.75, 3.05) is 18.4 Å². The van der Waals surface area contributed by atoms with E-state index in [4.69, 9.17) is 0 Å². The van der Waals surface area contributed by atoms with Crippen LogP contribution >= 0.6 is 15.9 Å². The first-order chi connectivity index (χ1) is 12.8. The van der Waals surface area contributed by atoms with Crippen LogP contribution in [-0.4, -0.2) is 52.6 Å². The summed E-state index contributed by atoms with van der Waals surface area (Å²) in [6, 6.07) is 5.06. The van der Waals surface area contributed by atoms with Crippen LogP contribution < -0.4 is 5.32 Å². The van der Waals surface area contributed by atoms with Crippen molar-refractivity contribution >= 4 is 40.3 Å². The standard InChI is InChI=1S/C19H26BrN5O2/c1-6-9-15(7-2)25(21-5)13-19(27)24(14(3)4)12-18(26)23-17-11-8-10-16(20)22-17/h6,8-11,14H,1,5,7,12-13H2,2-4H3,(H,22,23,26)/b15-9+. The zero-order valence-corrected chi connectivity index (χ0v) is 17.6. The quantitative estimate of drug-likeness (QED) is 0.264. The van der Waals surface area contributed by atoms with E-state index >= 15 is 0 Å². The number of hydrogen-bond donors (Lipinski definition) is 1.